The lowest BCUT2D eigenvalue weighted by molar-refractivity contribution is 0.229. The molecular weight excluding hydrogens is 302 g/mol. The zero-order chi connectivity index (χ0) is 17.0. The first-order valence-corrected chi connectivity index (χ1v) is 7.37. The van der Waals surface area contributed by atoms with E-state index < -0.39 is 23.7 Å². The third-order valence-electron chi connectivity index (χ3n) is 3.77. The minimum atomic E-state index is -0.972. The number of amides is 2. The molecule has 0 saturated carbocycles. The average molecular weight is 322 g/mol. The molecule has 124 valence electrons. The quantitative estimate of drug-likeness (QED) is 0.730. The summed E-state index contributed by atoms with van der Waals surface area (Å²) in [5.41, 5.74) is 1.02. The van der Waals surface area contributed by atoms with Crippen LogP contribution < -0.4 is 10.6 Å². The molecule has 1 aliphatic rings. The normalized spacial score (nSPS) is 21.0. The van der Waals surface area contributed by atoms with Gasteiger partial charge in [-0.1, -0.05) is 30.4 Å². The summed E-state index contributed by atoms with van der Waals surface area (Å²) in [5.74, 6) is -1.87. The van der Waals surface area contributed by atoms with Crippen molar-refractivity contribution in [1.82, 2.24) is 10.6 Å². The molecule has 3 N–H and O–H groups in total. The van der Waals surface area contributed by atoms with Gasteiger partial charge in [0, 0.05) is 18.6 Å². The highest BCUT2D eigenvalue weighted by atomic mass is 19.2. The molecule has 0 aliphatic heterocycles. The van der Waals surface area contributed by atoms with Crippen molar-refractivity contribution in [2.75, 3.05) is 6.61 Å². The minimum absolute atomic E-state index is 0.0412. The molecule has 1 aromatic carbocycles. The van der Waals surface area contributed by atoms with Crippen LogP contribution in [0.4, 0.5) is 13.6 Å². The maximum Gasteiger partial charge on any atom is 0.315 e. The van der Waals surface area contributed by atoms with E-state index in [4.69, 9.17) is 5.11 Å². The maximum atomic E-state index is 13.4. The molecule has 0 heterocycles. The highest BCUT2D eigenvalue weighted by molar-refractivity contribution is 5.75. The van der Waals surface area contributed by atoms with Crippen LogP contribution >= 0.6 is 0 Å². The van der Waals surface area contributed by atoms with Crippen molar-refractivity contribution in [2.24, 2.45) is 5.92 Å². The summed E-state index contributed by atoms with van der Waals surface area (Å²) < 4.78 is 26.4. The highest BCUT2D eigenvalue weighted by Gasteiger charge is 2.22. The van der Waals surface area contributed by atoms with Crippen molar-refractivity contribution in [3.63, 3.8) is 0 Å². The van der Waals surface area contributed by atoms with Gasteiger partial charge in [0.05, 0.1) is 6.04 Å². The summed E-state index contributed by atoms with van der Waals surface area (Å²) in [5, 5.41) is 14.5. The van der Waals surface area contributed by atoms with Gasteiger partial charge in [0.1, 0.15) is 0 Å². The number of aliphatic hydroxyl groups is 1. The van der Waals surface area contributed by atoms with Crippen LogP contribution in [0, 0.1) is 17.6 Å². The molecule has 1 aliphatic carbocycles. The maximum absolute atomic E-state index is 13.4. The molecule has 0 radical (unpaired) electrons. The molecule has 0 fully saturated rings. The molecule has 2 amide bonds. The van der Waals surface area contributed by atoms with E-state index in [1.54, 1.807) is 6.92 Å². The number of benzene rings is 1. The number of carbonyl (C=O) groups is 1. The Balaban J connectivity index is 2.02. The smallest absolute Gasteiger partial charge is 0.315 e. The molecule has 0 saturated heterocycles. The van der Waals surface area contributed by atoms with Gasteiger partial charge >= 0.3 is 6.03 Å². The van der Waals surface area contributed by atoms with Gasteiger partial charge in [0.25, 0.3) is 0 Å². The third-order valence-corrected chi connectivity index (χ3v) is 3.77. The van der Waals surface area contributed by atoms with E-state index in [-0.39, 0.29) is 18.6 Å². The van der Waals surface area contributed by atoms with Crippen LogP contribution in [0.25, 0.3) is 0 Å². The number of rotatable bonds is 5. The van der Waals surface area contributed by atoms with E-state index in [0.717, 1.165) is 12.1 Å². The van der Waals surface area contributed by atoms with Crippen molar-refractivity contribution < 1.29 is 18.7 Å². The molecule has 2 rings (SSSR count). The Labute approximate surface area is 133 Å². The topological polar surface area (TPSA) is 61.4 Å². The van der Waals surface area contributed by atoms with Crippen LogP contribution in [-0.4, -0.2) is 23.8 Å². The highest BCUT2D eigenvalue weighted by Crippen LogP contribution is 2.22. The second kappa shape index (κ2) is 7.37. The molecule has 6 heteroatoms. The molecule has 0 unspecified atom stereocenters. The van der Waals surface area contributed by atoms with Gasteiger partial charge in [-0.15, -0.1) is 0 Å². The SMILES string of the molecule is C=C(C)[C@@H](NC(=O)N[C@@H]1C=C[C@H](CO)C1)c1ccc(F)c(F)c1. The lowest BCUT2D eigenvalue weighted by Crippen LogP contribution is -2.42. The molecular formula is C17H20F2N2O2. The Morgan fingerprint density at radius 2 is 2.13 bits per heavy atom. The zero-order valence-electron chi connectivity index (χ0n) is 12.9. The Hall–Kier alpha value is -2.21. The van der Waals surface area contributed by atoms with Crippen LogP contribution in [0.1, 0.15) is 24.9 Å². The molecule has 3 atom stereocenters. The van der Waals surface area contributed by atoms with Crippen LogP contribution in [0.5, 0.6) is 0 Å². The predicted octanol–water partition coefficient (Wildman–Crippen LogP) is 2.82. The monoisotopic (exact) mass is 322 g/mol. The Morgan fingerprint density at radius 1 is 1.39 bits per heavy atom. The predicted molar refractivity (Wildman–Crippen MR) is 83.7 cm³/mol. The number of carbonyl (C=O) groups excluding carboxylic acids is 1. The lowest BCUT2D eigenvalue weighted by atomic mass is 10.0. The Bertz CT molecular complexity index is 631. The minimum Gasteiger partial charge on any atom is -0.396 e. The van der Waals surface area contributed by atoms with Crippen molar-refractivity contribution in [1.29, 1.82) is 0 Å². The Morgan fingerprint density at radius 3 is 2.70 bits per heavy atom. The summed E-state index contributed by atoms with van der Waals surface area (Å²) in [7, 11) is 0. The average Bonchev–Trinajstić information content (AvgIpc) is 2.95. The molecule has 1 aromatic rings. The van der Waals surface area contributed by atoms with Gasteiger partial charge in [0.15, 0.2) is 11.6 Å². The van der Waals surface area contributed by atoms with Gasteiger partial charge in [-0.2, -0.15) is 0 Å². The summed E-state index contributed by atoms with van der Waals surface area (Å²) >= 11 is 0. The molecule has 23 heavy (non-hydrogen) atoms. The zero-order valence-corrected chi connectivity index (χ0v) is 12.9. The number of nitrogens with one attached hydrogen (secondary N) is 2. The second-order valence-corrected chi connectivity index (χ2v) is 5.74. The first-order valence-electron chi connectivity index (χ1n) is 7.37. The fourth-order valence-electron chi connectivity index (χ4n) is 2.54. The fourth-order valence-corrected chi connectivity index (χ4v) is 2.54. The van der Waals surface area contributed by atoms with Crippen LogP contribution in [0.2, 0.25) is 0 Å². The second-order valence-electron chi connectivity index (χ2n) is 5.74. The first-order chi connectivity index (χ1) is 10.9. The van der Waals surface area contributed by atoms with Crippen molar-refractivity contribution in [2.45, 2.75) is 25.4 Å². The van der Waals surface area contributed by atoms with E-state index in [1.807, 2.05) is 12.2 Å². The molecule has 0 aromatic heterocycles. The molecule has 0 bridgehead atoms. The summed E-state index contributed by atoms with van der Waals surface area (Å²) in [4.78, 5) is 12.1. The summed E-state index contributed by atoms with van der Waals surface area (Å²) in [6.07, 6.45) is 4.32. The number of hydrogen-bond donors (Lipinski definition) is 3. The van der Waals surface area contributed by atoms with Gasteiger partial charge in [-0.05, 0) is 31.0 Å². The third kappa shape index (κ3) is 4.39. The van der Waals surface area contributed by atoms with Gasteiger partial charge in [-0.3, -0.25) is 0 Å². The molecule has 0 spiro atoms. The Kier molecular flexibility index (Phi) is 5.50. The number of aliphatic hydroxyl groups excluding tert-OH is 1. The largest absolute Gasteiger partial charge is 0.396 e. The van der Waals surface area contributed by atoms with Crippen molar-refractivity contribution in [3.05, 3.63) is 59.7 Å². The number of halogens is 2. The summed E-state index contributed by atoms with van der Waals surface area (Å²) in [6, 6.07) is 2.26. The van der Waals surface area contributed by atoms with Crippen molar-refractivity contribution in [3.8, 4) is 0 Å². The van der Waals surface area contributed by atoms with Gasteiger partial charge < -0.3 is 15.7 Å². The fraction of sp³-hybridized carbons (Fsp3) is 0.353. The van der Waals surface area contributed by atoms with Crippen LogP contribution in [0.3, 0.4) is 0 Å². The van der Waals surface area contributed by atoms with Gasteiger partial charge in [0.2, 0.25) is 0 Å². The van der Waals surface area contributed by atoms with Crippen LogP contribution in [0.15, 0.2) is 42.5 Å². The standard InChI is InChI=1S/C17H20F2N2O2/c1-10(2)16(12-4-6-14(18)15(19)8-12)21-17(23)20-13-5-3-11(7-13)9-22/h3-6,8,11,13,16,22H,1,7,9H2,2H3,(H2,20,21,23)/t11-,13+,16+/m0/s1. The van der Waals surface area contributed by atoms with E-state index in [1.165, 1.54) is 6.07 Å². The number of urea groups is 1. The van der Waals surface area contributed by atoms with E-state index in [2.05, 4.69) is 17.2 Å². The lowest BCUT2D eigenvalue weighted by Gasteiger charge is -2.21. The van der Waals surface area contributed by atoms with E-state index >= 15 is 0 Å². The molecule has 4 nitrogen and oxygen atoms in total. The van der Waals surface area contributed by atoms with Gasteiger partial charge in [-0.25, -0.2) is 13.6 Å². The number of hydrogen-bond acceptors (Lipinski definition) is 2. The van der Waals surface area contributed by atoms with Crippen molar-refractivity contribution >= 4 is 6.03 Å². The van der Waals surface area contributed by atoms with E-state index in [0.29, 0.717) is 17.6 Å². The van der Waals surface area contributed by atoms with Crippen LogP contribution in [-0.2, 0) is 0 Å². The first kappa shape index (κ1) is 17.1. The summed E-state index contributed by atoms with van der Waals surface area (Å²) in [6.45, 7) is 5.53. The van der Waals surface area contributed by atoms with E-state index in [9.17, 15) is 13.6 Å².